The van der Waals surface area contributed by atoms with Gasteiger partial charge in [-0.2, -0.15) is 13.2 Å². The molecule has 0 aliphatic carbocycles. The minimum absolute atomic E-state index is 0.397. The highest BCUT2D eigenvalue weighted by molar-refractivity contribution is 5.62. The summed E-state index contributed by atoms with van der Waals surface area (Å²) in [7, 11) is 1.59. The molecule has 0 bridgehead atoms. The fourth-order valence-electron chi connectivity index (χ4n) is 4.22. The van der Waals surface area contributed by atoms with Gasteiger partial charge in [0.1, 0.15) is 11.9 Å². The van der Waals surface area contributed by atoms with Crippen LogP contribution in [0.25, 0.3) is 17.3 Å². The van der Waals surface area contributed by atoms with Gasteiger partial charge in [-0.15, -0.1) is 6.58 Å². The third-order valence-corrected chi connectivity index (χ3v) is 6.22. The number of halogens is 3. The van der Waals surface area contributed by atoms with Crippen LogP contribution in [0, 0.1) is 0 Å². The lowest BCUT2D eigenvalue weighted by molar-refractivity contribution is -0.137. The number of alkyl halides is 3. The van der Waals surface area contributed by atoms with Crippen molar-refractivity contribution in [3.63, 3.8) is 0 Å². The van der Waals surface area contributed by atoms with Crippen molar-refractivity contribution < 1.29 is 27.4 Å². The molecule has 0 spiro atoms. The molecule has 4 nitrogen and oxygen atoms in total. The van der Waals surface area contributed by atoms with Gasteiger partial charge < -0.3 is 14.2 Å². The molecule has 212 valence electrons. The monoisotopic (exact) mass is 551 g/mol. The number of ether oxygens (including phenoxy) is 3. The maximum absolute atomic E-state index is 13.0. The minimum atomic E-state index is -4.39. The van der Waals surface area contributed by atoms with Gasteiger partial charge in [0.15, 0.2) is 11.5 Å². The van der Waals surface area contributed by atoms with Crippen LogP contribution in [0.1, 0.15) is 61.6 Å². The van der Waals surface area contributed by atoms with Crippen molar-refractivity contribution >= 4 is 6.08 Å². The largest absolute Gasteiger partial charge is 0.495 e. The molecule has 0 aliphatic rings. The first kappa shape index (κ1) is 30.5. The van der Waals surface area contributed by atoms with E-state index in [0.717, 1.165) is 36.1 Å². The molecule has 1 atom stereocenters. The summed E-state index contributed by atoms with van der Waals surface area (Å²) in [5.41, 5.74) is 2.96. The molecule has 0 radical (unpaired) electrons. The van der Waals surface area contributed by atoms with E-state index in [0.29, 0.717) is 53.7 Å². The maximum atomic E-state index is 13.0. The number of unbranched alkanes of at least 4 members (excludes halogenated alkanes) is 1. The molecule has 3 rings (SSSR count). The molecular weight excluding hydrogens is 515 g/mol. The normalized spacial score (nSPS) is 12.2. The van der Waals surface area contributed by atoms with Crippen LogP contribution in [0.15, 0.2) is 85.7 Å². The Morgan fingerprint density at radius 2 is 1.82 bits per heavy atom. The first-order valence-corrected chi connectivity index (χ1v) is 13.3. The molecular formula is C33H36F3NO3. The van der Waals surface area contributed by atoms with Crippen LogP contribution in [0.3, 0.4) is 0 Å². The Bertz CT molecular complexity index is 1310. The number of benzene rings is 2. The quantitative estimate of drug-likeness (QED) is 0.114. The van der Waals surface area contributed by atoms with Gasteiger partial charge in [-0.1, -0.05) is 50.3 Å². The molecule has 3 aromatic rings. The number of hydrogen-bond donors (Lipinski definition) is 0. The Morgan fingerprint density at radius 3 is 2.45 bits per heavy atom. The van der Waals surface area contributed by atoms with Gasteiger partial charge in [0.05, 0.1) is 30.7 Å². The number of pyridine rings is 1. The number of hydrogen-bond acceptors (Lipinski definition) is 4. The summed E-state index contributed by atoms with van der Waals surface area (Å²) >= 11 is 0. The van der Waals surface area contributed by atoms with Gasteiger partial charge in [-0.05, 0) is 74.2 Å². The van der Waals surface area contributed by atoms with Gasteiger partial charge in [-0.3, -0.25) is 0 Å². The summed E-state index contributed by atoms with van der Waals surface area (Å²) in [6, 6.07) is 14.4. The fourth-order valence-corrected chi connectivity index (χ4v) is 4.22. The second kappa shape index (κ2) is 14.4. The number of rotatable bonds is 14. The average Bonchev–Trinajstić information content (AvgIpc) is 2.94. The van der Waals surface area contributed by atoms with Gasteiger partial charge in [-0.25, -0.2) is 4.98 Å². The van der Waals surface area contributed by atoms with Crippen LogP contribution >= 0.6 is 0 Å². The summed E-state index contributed by atoms with van der Waals surface area (Å²) in [4.78, 5) is 4.80. The Balaban J connectivity index is 1.98. The van der Waals surface area contributed by atoms with Crippen molar-refractivity contribution in [1.29, 1.82) is 0 Å². The molecule has 40 heavy (non-hydrogen) atoms. The Hall–Kier alpha value is -4.00. The van der Waals surface area contributed by atoms with E-state index in [-0.39, 0.29) is 0 Å². The minimum Gasteiger partial charge on any atom is -0.495 e. The van der Waals surface area contributed by atoms with Crippen LogP contribution in [-0.2, 0) is 17.3 Å². The SMILES string of the molecule is C=CCc1cc(/C=C/C(=C)OCC)cc(OC)c1OC(CCCC)c1cccc(-c2ccc(C(F)(F)F)cc2)n1. The summed E-state index contributed by atoms with van der Waals surface area (Å²) in [6.45, 7) is 12.3. The number of nitrogens with zero attached hydrogens (tertiary/aromatic N) is 1. The highest BCUT2D eigenvalue weighted by Gasteiger charge is 2.30. The zero-order chi connectivity index (χ0) is 29.1. The topological polar surface area (TPSA) is 40.6 Å². The van der Waals surface area contributed by atoms with Crippen LogP contribution in [0.5, 0.6) is 11.5 Å². The molecule has 0 fully saturated rings. The molecule has 1 heterocycles. The van der Waals surface area contributed by atoms with Crippen LogP contribution in [0.4, 0.5) is 13.2 Å². The van der Waals surface area contributed by atoms with Crippen molar-refractivity contribution in [3.8, 4) is 22.8 Å². The first-order chi connectivity index (χ1) is 19.2. The van der Waals surface area contributed by atoms with E-state index in [4.69, 9.17) is 19.2 Å². The summed E-state index contributed by atoms with van der Waals surface area (Å²) in [6.07, 6.45) is 3.84. The van der Waals surface area contributed by atoms with Crippen molar-refractivity contribution in [1.82, 2.24) is 4.98 Å². The second-order valence-electron chi connectivity index (χ2n) is 9.21. The molecule has 0 aliphatic heterocycles. The van der Waals surface area contributed by atoms with E-state index in [2.05, 4.69) is 20.1 Å². The van der Waals surface area contributed by atoms with Crippen molar-refractivity contribution in [3.05, 3.63) is 108 Å². The van der Waals surface area contributed by atoms with Crippen LogP contribution < -0.4 is 9.47 Å². The molecule has 0 N–H and O–H groups in total. The van der Waals surface area contributed by atoms with Crippen molar-refractivity contribution in [2.75, 3.05) is 13.7 Å². The summed E-state index contributed by atoms with van der Waals surface area (Å²) in [5.74, 6) is 1.73. The van der Waals surface area contributed by atoms with Gasteiger partial charge in [0, 0.05) is 11.1 Å². The lowest BCUT2D eigenvalue weighted by atomic mass is 10.0. The molecule has 0 amide bonds. The highest BCUT2D eigenvalue weighted by Crippen LogP contribution is 2.39. The molecule has 0 saturated heterocycles. The van der Waals surface area contributed by atoms with Gasteiger partial charge in [0.25, 0.3) is 0 Å². The number of allylic oxidation sites excluding steroid dienone is 2. The van der Waals surface area contributed by atoms with E-state index in [1.165, 1.54) is 12.1 Å². The van der Waals surface area contributed by atoms with Gasteiger partial charge in [0.2, 0.25) is 0 Å². The Kier molecular flexibility index (Phi) is 11.0. The second-order valence-corrected chi connectivity index (χ2v) is 9.21. The van der Waals surface area contributed by atoms with Crippen LogP contribution in [-0.4, -0.2) is 18.7 Å². The van der Waals surface area contributed by atoms with E-state index in [1.54, 1.807) is 25.3 Å². The van der Waals surface area contributed by atoms with Gasteiger partial charge >= 0.3 is 6.18 Å². The summed E-state index contributed by atoms with van der Waals surface area (Å²) < 4.78 is 56.9. The molecule has 1 aromatic heterocycles. The summed E-state index contributed by atoms with van der Waals surface area (Å²) in [5, 5.41) is 0. The molecule has 7 heteroatoms. The van der Waals surface area contributed by atoms with E-state index in [1.807, 2.05) is 37.3 Å². The standard InChI is InChI=1S/C33H36F3NO3/c1-6-9-14-30(29-13-10-12-28(37-29)25-17-19-27(20-18-25)33(34,35)36)40-32-26(11-7-2)21-24(22-31(32)38-5)16-15-23(4)39-8-3/h7,10,12-13,15-22,30H,2,4,6,8-9,11,14H2,1,3,5H3/b16-15+. The molecule has 2 aromatic carbocycles. The van der Waals surface area contributed by atoms with E-state index in [9.17, 15) is 13.2 Å². The zero-order valence-electron chi connectivity index (χ0n) is 23.3. The predicted molar refractivity (Wildman–Crippen MR) is 154 cm³/mol. The lowest BCUT2D eigenvalue weighted by Crippen LogP contribution is -2.12. The number of methoxy groups -OCH3 is 1. The van der Waals surface area contributed by atoms with Crippen molar-refractivity contribution in [2.45, 2.75) is 51.8 Å². The zero-order valence-corrected chi connectivity index (χ0v) is 23.3. The smallest absolute Gasteiger partial charge is 0.416 e. The van der Waals surface area contributed by atoms with E-state index >= 15 is 0 Å². The third-order valence-electron chi connectivity index (χ3n) is 6.22. The van der Waals surface area contributed by atoms with Crippen molar-refractivity contribution in [2.24, 2.45) is 0 Å². The number of aromatic nitrogens is 1. The Morgan fingerprint density at radius 1 is 1.07 bits per heavy atom. The fraction of sp³-hybridized carbons (Fsp3) is 0.303. The van der Waals surface area contributed by atoms with Crippen LogP contribution in [0.2, 0.25) is 0 Å². The Labute approximate surface area is 234 Å². The lowest BCUT2D eigenvalue weighted by Gasteiger charge is -2.23. The average molecular weight is 552 g/mol. The highest BCUT2D eigenvalue weighted by atomic mass is 19.4. The predicted octanol–water partition coefficient (Wildman–Crippen LogP) is 9.38. The molecule has 1 unspecified atom stereocenters. The first-order valence-electron chi connectivity index (χ1n) is 13.3. The van der Waals surface area contributed by atoms with E-state index < -0.39 is 17.8 Å². The maximum Gasteiger partial charge on any atom is 0.416 e. The molecule has 0 saturated carbocycles. The third kappa shape index (κ3) is 8.25.